The molecule has 0 amide bonds. The fourth-order valence-corrected chi connectivity index (χ4v) is 7.02. The van der Waals surface area contributed by atoms with Crippen molar-refractivity contribution in [1.29, 1.82) is 0 Å². The lowest BCUT2D eigenvalue weighted by Gasteiger charge is -2.12. The van der Waals surface area contributed by atoms with Crippen molar-refractivity contribution < 1.29 is 4.42 Å². The maximum Gasteiger partial charge on any atom is 0.162 e. The molecule has 0 aliphatic carbocycles. The van der Waals surface area contributed by atoms with Gasteiger partial charge in [-0.25, -0.2) is 9.97 Å². The number of furan rings is 1. The first-order chi connectivity index (χ1) is 22.8. The van der Waals surface area contributed by atoms with Crippen molar-refractivity contribution in [2.45, 2.75) is 0 Å². The molecule has 0 spiro atoms. The molecule has 0 fully saturated rings. The van der Waals surface area contributed by atoms with Gasteiger partial charge in [-0.2, -0.15) is 0 Å². The van der Waals surface area contributed by atoms with E-state index in [1.165, 1.54) is 16.2 Å². The second-order valence-corrected chi connectivity index (χ2v) is 11.8. The number of rotatable bonds is 3. The third-order valence-corrected chi connectivity index (χ3v) is 9.17. The van der Waals surface area contributed by atoms with Crippen molar-refractivity contribution in [3.63, 3.8) is 0 Å². The summed E-state index contributed by atoms with van der Waals surface area (Å²) in [6.45, 7) is 0. The minimum atomic E-state index is 0.684. The van der Waals surface area contributed by atoms with Crippen molar-refractivity contribution in [3.8, 4) is 28.5 Å². The first-order valence-corrected chi connectivity index (χ1v) is 15.5. The third kappa shape index (κ3) is 3.67. The van der Waals surface area contributed by atoms with Gasteiger partial charge in [0.1, 0.15) is 17.0 Å². The van der Waals surface area contributed by atoms with Crippen LogP contribution in [0.25, 0.3) is 93.8 Å². The normalized spacial score (nSPS) is 11.9. The van der Waals surface area contributed by atoms with Gasteiger partial charge in [-0.05, 0) is 46.5 Å². The Morgan fingerprint density at radius 2 is 1.09 bits per heavy atom. The van der Waals surface area contributed by atoms with Crippen molar-refractivity contribution in [2.75, 3.05) is 0 Å². The molecule has 0 radical (unpaired) electrons. The van der Waals surface area contributed by atoms with Gasteiger partial charge >= 0.3 is 0 Å². The molecule has 0 aliphatic rings. The van der Waals surface area contributed by atoms with Gasteiger partial charge < -0.3 is 4.42 Å². The minimum absolute atomic E-state index is 0.684. The summed E-state index contributed by atoms with van der Waals surface area (Å²) < 4.78 is 9.17. The van der Waals surface area contributed by atoms with Crippen LogP contribution >= 0.6 is 0 Å². The standard InChI is InChI=1S/C42H25N3O/c1-3-12-27(13-4-1)35-25-38(44-42(43-35)28-14-5-2-6-15-28)45-36-22-21-33-32-20-19-26-11-9-10-18-31(26)40(32)46-41(33)39(36)34-23-29-16-7-8-17-30(29)24-37(34)45/h1-25H. The summed E-state index contributed by atoms with van der Waals surface area (Å²) >= 11 is 0. The number of nitrogens with zero attached hydrogens (tertiary/aromatic N) is 3. The highest BCUT2D eigenvalue weighted by Crippen LogP contribution is 2.43. The number of hydrogen-bond acceptors (Lipinski definition) is 3. The van der Waals surface area contributed by atoms with E-state index in [9.17, 15) is 0 Å². The first kappa shape index (κ1) is 25.1. The Morgan fingerprint density at radius 3 is 1.89 bits per heavy atom. The molecule has 7 aromatic carbocycles. The van der Waals surface area contributed by atoms with Crippen LogP contribution in [-0.2, 0) is 0 Å². The third-order valence-electron chi connectivity index (χ3n) is 9.17. The summed E-state index contributed by atoms with van der Waals surface area (Å²) in [4.78, 5) is 10.3. The molecule has 3 aromatic heterocycles. The molecule has 0 atom stereocenters. The Labute approximate surface area is 263 Å². The second-order valence-electron chi connectivity index (χ2n) is 11.8. The first-order valence-electron chi connectivity index (χ1n) is 15.5. The van der Waals surface area contributed by atoms with Gasteiger partial charge in [0, 0.05) is 38.7 Å². The van der Waals surface area contributed by atoms with Crippen LogP contribution in [0.5, 0.6) is 0 Å². The summed E-state index contributed by atoms with van der Waals surface area (Å²) in [6.07, 6.45) is 0. The molecule has 10 aromatic rings. The number of hydrogen-bond donors (Lipinski definition) is 0. The summed E-state index contributed by atoms with van der Waals surface area (Å²) in [5.74, 6) is 1.49. The minimum Gasteiger partial charge on any atom is -0.455 e. The molecule has 214 valence electrons. The van der Waals surface area contributed by atoms with Crippen LogP contribution in [0.1, 0.15) is 0 Å². The fraction of sp³-hybridized carbons (Fsp3) is 0. The molecule has 46 heavy (non-hydrogen) atoms. The number of aromatic nitrogens is 3. The lowest BCUT2D eigenvalue weighted by Crippen LogP contribution is -2.02. The molecular formula is C42H25N3O. The lowest BCUT2D eigenvalue weighted by atomic mass is 10.0. The van der Waals surface area contributed by atoms with Gasteiger partial charge in [-0.3, -0.25) is 4.57 Å². The van der Waals surface area contributed by atoms with E-state index >= 15 is 0 Å². The Balaban J connectivity index is 1.36. The predicted octanol–water partition coefficient (Wildman–Crippen LogP) is 11.1. The summed E-state index contributed by atoms with van der Waals surface area (Å²) in [6, 6.07) is 53.0. The molecule has 10 rings (SSSR count). The molecule has 0 N–H and O–H groups in total. The van der Waals surface area contributed by atoms with E-state index in [1.54, 1.807) is 0 Å². The monoisotopic (exact) mass is 587 g/mol. The largest absolute Gasteiger partial charge is 0.455 e. The smallest absolute Gasteiger partial charge is 0.162 e. The molecule has 0 saturated heterocycles. The lowest BCUT2D eigenvalue weighted by molar-refractivity contribution is 0.676. The summed E-state index contributed by atoms with van der Waals surface area (Å²) in [5.41, 5.74) is 6.81. The Hall–Kier alpha value is -6.26. The maximum absolute atomic E-state index is 6.89. The van der Waals surface area contributed by atoms with Crippen LogP contribution in [0.2, 0.25) is 0 Å². The van der Waals surface area contributed by atoms with Gasteiger partial charge in [-0.1, -0.05) is 115 Å². The van der Waals surface area contributed by atoms with E-state index in [0.717, 1.165) is 71.8 Å². The Morgan fingerprint density at radius 1 is 0.435 bits per heavy atom. The van der Waals surface area contributed by atoms with Crippen LogP contribution < -0.4 is 0 Å². The highest BCUT2D eigenvalue weighted by molar-refractivity contribution is 6.27. The maximum atomic E-state index is 6.89. The summed E-state index contributed by atoms with van der Waals surface area (Å²) in [5, 5.41) is 9.09. The number of benzene rings is 7. The molecule has 0 bridgehead atoms. The zero-order valence-electron chi connectivity index (χ0n) is 24.7. The highest BCUT2D eigenvalue weighted by Gasteiger charge is 2.22. The topological polar surface area (TPSA) is 43.9 Å². The second kappa shape index (κ2) is 9.62. The molecule has 3 heterocycles. The number of fused-ring (bicyclic) bond motifs is 10. The van der Waals surface area contributed by atoms with E-state index in [1.807, 2.05) is 36.4 Å². The molecular weight excluding hydrogens is 562 g/mol. The molecule has 4 nitrogen and oxygen atoms in total. The predicted molar refractivity (Wildman–Crippen MR) is 190 cm³/mol. The zero-order valence-corrected chi connectivity index (χ0v) is 24.7. The van der Waals surface area contributed by atoms with Crippen LogP contribution in [0.15, 0.2) is 156 Å². The highest BCUT2D eigenvalue weighted by atomic mass is 16.3. The molecule has 0 saturated carbocycles. The summed E-state index contributed by atoms with van der Waals surface area (Å²) in [7, 11) is 0. The van der Waals surface area contributed by atoms with Crippen molar-refractivity contribution in [1.82, 2.24) is 14.5 Å². The Kier molecular flexibility index (Phi) is 5.25. The van der Waals surface area contributed by atoms with Crippen LogP contribution in [-0.4, -0.2) is 14.5 Å². The molecule has 0 unspecified atom stereocenters. The van der Waals surface area contributed by atoms with Gasteiger partial charge in [-0.15, -0.1) is 0 Å². The van der Waals surface area contributed by atoms with Crippen LogP contribution in [0, 0.1) is 0 Å². The van der Waals surface area contributed by atoms with Gasteiger partial charge in [0.15, 0.2) is 5.82 Å². The van der Waals surface area contributed by atoms with Crippen molar-refractivity contribution in [2.24, 2.45) is 0 Å². The van der Waals surface area contributed by atoms with Gasteiger partial charge in [0.25, 0.3) is 0 Å². The van der Waals surface area contributed by atoms with Gasteiger partial charge in [0.2, 0.25) is 0 Å². The van der Waals surface area contributed by atoms with Crippen molar-refractivity contribution in [3.05, 3.63) is 152 Å². The molecule has 0 aliphatic heterocycles. The van der Waals surface area contributed by atoms with E-state index in [2.05, 4.69) is 120 Å². The zero-order chi connectivity index (χ0) is 30.2. The molecule has 4 heteroatoms. The van der Waals surface area contributed by atoms with Crippen LogP contribution in [0.3, 0.4) is 0 Å². The SMILES string of the molecule is c1ccc(-c2cc(-n3c4cc5ccccc5cc4c4c5oc6c7ccccc7ccc6c5ccc43)nc(-c3ccccc3)n2)cc1. The average molecular weight is 588 g/mol. The van der Waals surface area contributed by atoms with E-state index < -0.39 is 0 Å². The van der Waals surface area contributed by atoms with E-state index in [-0.39, 0.29) is 0 Å². The van der Waals surface area contributed by atoms with E-state index in [0.29, 0.717) is 5.82 Å². The van der Waals surface area contributed by atoms with Crippen molar-refractivity contribution >= 4 is 65.3 Å². The fourth-order valence-electron chi connectivity index (χ4n) is 7.02. The Bertz CT molecular complexity index is 2740. The quantitative estimate of drug-likeness (QED) is 0.207. The van der Waals surface area contributed by atoms with E-state index in [4.69, 9.17) is 14.4 Å². The van der Waals surface area contributed by atoms with Crippen LogP contribution in [0.4, 0.5) is 0 Å². The van der Waals surface area contributed by atoms with Gasteiger partial charge in [0.05, 0.1) is 22.1 Å². The average Bonchev–Trinajstić information content (AvgIpc) is 3.67.